The zero-order chi connectivity index (χ0) is 20.7. The van der Waals surface area contributed by atoms with Crippen LogP contribution in [0, 0.1) is 11.3 Å². The number of esters is 1. The second-order valence-electron chi connectivity index (χ2n) is 8.20. The molecular weight excluding hydrogens is 356 g/mol. The van der Waals surface area contributed by atoms with Gasteiger partial charge in [-0.2, -0.15) is 5.26 Å². The fourth-order valence-corrected chi connectivity index (χ4v) is 3.39. The van der Waals surface area contributed by atoms with Gasteiger partial charge in [0, 0.05) is 19.5 Å². The Labute approximate surface area is 167 Å². The number of nitriles is 1. The summed E-state index contributed by atoms with van der Waals surface area (Å²) < 4.78 is 10.1. The third kappa shape index (κ3) is 6.26. The molecule has 0 spiro atoms. The predicted octanol–water partition coefficient (Wildman–Crippen LogP) is 4.36. The molecule has 152 valence electrons. The van der Waals surface area contributed by atoms with Crippen molar-refractivity contribution < 1.29 is 19.1 Å². The zero-order valence-electron chi connectivity index (χ0n) is 17.2. The number of nitrogens with zero attached hydrogens (tertiary/aromatic N) is 2. The summed E-state index contributed by atoms with van der Waals surface area (Å²) in [5, 5.41) is 9.39. The van der Waals surface area contributed by atoms with Gasteiger partial charge in [0.25, 0.3) is 0 Å². The van der Waals surface area contributed by atoms with Crippen molar-refractivity contribution in [1.29, 1.82) is 5.26 Å². The third-order valence-corrected chi connectivity index (χ3v) is 4.98. The molecule has 6 heteroatoms. The molecule has 2 rings (SSSR count). The molecule has 1 atom stereocenters. The van der Waals surface area contributed by atoms with Crippen LogP contribution in [-0.2, 0) is 14.3 Å². The maximum Gasteiger partial charge on any atom is 0.410 e. The van der Waals surface area contributed by atoms with Crippen LogP contribution in [0.15, 0.2) is 24.3 Å². The minimum atomic E-state index is -0.477. The molecule has 1 fully saturated rings. The van der Waals surface area contributed by atoms with Crippen molar-refractivity contribution in [3.05, 3.63) is 35.4 Å². The monoisotopic (exact) mass is 386 g/mol. The van der Waals surface area contributed by atoms with Crippen LogP contribution in [0.2, 0.25) is 0 Å². The quantitative estimate of drug-likeness (QED) is 0.703. The fraction of sp³-hybridized carbons (Fsp3) is 0.591. The van der Waals surface area contributed by atoms with E-state index in [1.807, 2.05) is 32.9 Å². The average molecular weight is 386 g/mol. The molecule has 0 aliphatic carbocycles. The Balaban J connectivity index is 1.91. The second-order valence-corrected chi connectivity index (χ2v) is 8.20. The molecule has 1 amide bonds. The molecule has 1 aromatic rings. The maximum atomic E-state index is 12.2. The molecule has 1 heterocycles. The number of carbonyl (C=O) groups excluding carboxylic acids is 2. The van der Waals surface area contributed by atoms with Crippen molar-refractivity contribution in [2.75, 3.05) is 20.2 Å². The summed E-state index contributed by atoms with van der Waals surface area (Å²) in [7, 11) is 1.35. The van der Waals surface area contributed by atoms with Crippen LogP contribution in [0.5, 0.6) is 0 Å². The normalized spacial score (nSPS) is 16.2. The van der Waals surface area contributed by atoms with E-state index in [9.17, 15) is 14.9 Å². The number of carbonyl (C=O) groups is 2. The van der Waals surface area contributed by atoms with E-state index in [0.717, 1.165) is 18.4 Å². The Morgan fingerprint density at radius 1 is 1.21 bits per heavy atom. The highest BCUT2D eigenvalue weighted by Gasteiger charge is 2.27. The minimum Gasteiger partial charge on any atom is -0.469 e. The van der Waals surface area contributed by atoms with Gasteiger partial charge in [0.05, 0.1) is 19.1 Å². The average Bonchev–Trinajstić information content (AvgIpc) is 2.67. The first-order valence-electron chi connectivity index (χ1n) is 9.77. The van der Waals surface area contributed by atoms with Crippen LogP contribution in [0.25, 0.3) is 0 Å². The Bertz CT molecular complexity index is 708. The summed E-state index contributed by atoms with van der Waals surface area (Å²) in [4.78, 5) is 25.3. The zero-order valence-corrected chi connectivity index (χ0v) is 17.2. The van der Waals surface area contributed by atoms with Crippen LogP contribution in [0.4, 0.5) is 4.79 Å². The van der Waals surface area contributed by atoms with Gasteiger partial charge >= 0.3 is 12.1 Å². The van der Waals surface area contributed by atoms with Gasteiger partial charge in [0.1, 0.15) is 5.60 Å². The number of methoxy groups -OCH3 is 1. The lowest BCUT2D eigenvalue weighted by molar-refractivity contribution is -0.140. The molecule has 1 saturated heterocycles. The Kier molecular flexibility index (Phi) is 7.45. The first kappa shape index (κ1) is 21.7. The second kappa shape index (κ2) is 9.59. The van der Waals surface area contributed by atoms with Crippen molar-refractivity contribution >= 4 is 12.1 Å². The van der Waals surface area contributed by atoms with Gasteiger partial charge in [-0.1, -0.05) is 24.3 Å². The summed E-state index contributed by atoms with van der Waals surface area (Å²) in [6.45, 7) is 6.99. The highest BCUT2D eigenvalue weighted by molar-refractivity contribution is 5.69. The largest absolute Gasteiger partial charge is 0.469 e. The molecule has 1 aromatic carbocycles. The lowest BCUT2D eigenvalue weighted by Crippen LogP contribution is -2.41. The summed E-state index contributed by atoms with van der Waals surface area (Å²) in [6.07, 6.45) is 2.23. The van der Waals surface area contributed by atoms with E-state index in [-0.39, 0.29) is 24.4 Å². The summed E-state index contributed by atoms with van der Waals surface area (Å²) >= 11 is 0. The number of piperidine rings is 1. The van der Waals surface area contributed by atoms with E-state index >= 15 is 0 Å². The molecule has 6 nitrogen and oxygen atoms in total. The van der Waals surface area contributed by atoms with Crippen LogP contribution >= 0.6 is 0 Å². The Hall–Kier alpha value is -2.55. The van der Waals surface area contributed by atoms with Gasteiger partial charge in [0.2, 0.25) is 0 Å². The minimum absolute atomic E-state index is 0.236. The number of amides is 1. The van der Waals surface area contributed by atoms with Crippen molar-refractivity contribution in [1.82, 2.24) is 4.90 Å². The number of ether oxygens (including phenoxy) is 2. The van der Waals surface area contributed by atoms with Gasteiger partial charge in [-0.05, 0) is 57.1 Å². The molecule has 0 N–H and O–H groups in total. The van der Waals surface area contributed by atoms with Crippen molar-refractivity contribution in [2.24, 2.45) is 0 Å². The molecule has 1 aliphatic heterocycles. The molecule has 0 radical (unpaired) electrons. The van der Waals surface area contributed by atoms with E-state index in [1.54, 1.807) is 4.90 Å². The number of hydrogen-bond acceptors (Lipinski definition) is 5. The smallest absolute Gasteiger partial charge is 0.410 e. The molecule has 0 aromatic heterocycles. The highest BCUT2D eigenvalue weighted by Crippen LogP contribution is 2.30. The van der Waals surface area contributed by atoms with Crippen molar-refractivity contribution in [3.8, 4) is 6.07 Å². The molecule has 1 aliphatic rings. The lowest BCUT2D eigenvalue weighted by Gasteiger charge is -2.33. The van der Waals surface area contributed by atoms with Gasteiger partial charge in [-0.3, -0.25) is 4.79 Å². The highest BCUT2D eigenvalue weighted by atomic mass is 16.6. The molecule has 28 heavy (non-hydrogen) atoms. The molecule has 0 saturated carbocycles. The maximum absolute atomic E-state index is 12.2. The Morgan fingerprint density at radius 3 is 2.32 bits per heavy atom. The van der Waals surface area contributed by atoms with Crippen LogP contribution in [0.3, 0.4) is 0 Å². The molecule has 0 bridgehead atoms. The first-order valence-corrected chi connectivity index (χ1v) is 9.77. The SMILES string of the molecule is COC(=O)CCC(C#N)c1ccc(C2CCN(C(=O)OC(C)(C)C)CC2)cc1. The summed E-state index contributed by atoms with van der Waals surface area (Å²) in [5.74, 6) is -0.223. The standard InChI is InChI=1S/C22H30N2O4/c1-22(2,3)28-21(26)24-13-11-18(12-14-24)16-5-7-17(8-6-16)19(15-23)9-10-20(25)27-4/h5-8,18-19H,9-14H2,1-4H3. The number of hydrogen-bond donors (Lipinski definition) is 0. The van der Waals surface area contributed by atoms with Gasteiger partial charge in [0.15, 0.2) is 0 Å². The fourth-order valence-electron chi connectivity index (χ4n) is 3.39. The van der Waals surface area contributed by atoms with E-state index in [2.05, 4.69) is 22.9 Å². The molecular formula is C22H30N2O4. The third-order valence-electron chi connectivity index (χ3n) is 4.98. The number of rotatable bonds is 5. The van der Waals surface area contributed by atoms with Gasteiger partial charge < -0.3 is 14.4 Å². The first-order chi connectivity index (χ1) is 13.2. The van der Waals surface area contributed by atoms with E-state index in [0.29, 0.717) is 25.4 Å². The number of benzene rings is 1. The van der Waals surface area contributed by atoms with Crippen LogP contribution < -0.4 is 0 Å². The summed E-state index contributed by atoms with van der Waals surface area (Å²) in [5.41, 5.74) is 1.66. The van der Waals surface area contributed by atoms with E-state index in [4.69, 9.17) is 4.74 Å². The van der Waals surface area contributed by atoms with Crippen LogP contribution in [0.1, 0.15) is 69.4 Å². The predicted molar refractivity (Wildman–Crippen MR) is 106 cm³/mol. The van der Waals surface area contributed by atoms with Gasteiger partial charge in [-0.15, -0.1) is 0 Å². The van der Waals surface area contributed by atoms with Gasteiger partial charge in [-0.25, -0.2) is 4.79 Å². The van der Waals surface area contributed by atoms with Crippen molar-refractivity contribution in [2.45, 2.75) is 63.9 Å². The number of likely N-dealkylation sites (tertiary alicyclic amines) is 1. The van der Waals surface area contributed by atoms with E-state index < -0.39 is 5.60 Å². The van der Waals surface area contributed by atoms with Crippen molar-refractivity contribution in [3.63, 3.8) is 0 Å². The lowest BCUT2D eigenvalue weighted by atomic mass is 9.87. The topological polar surface area (TPSA) is 79.6 Å². The Morgan fingerprint density at radius 2 is 1.82 bits per heavy atom. The summed E-state index contributed by atoms with van der Waals surface area (Å²) in [6, 6.07) is 10.3. The van der Waals surface area contributed by atoms with Crippen LogP contribution in [-0.4, -0.2) is 42.8 Å². The molecule has 1 unspecified atom stereocenters. The van der Waals surface area contributed by atoms with E-state index in [1.165, 1.54) is 12.7 Å².